The predicted octanol–water partition coefficient (Wildman–Crippen LogP) is 2.87. The van der Waals surface area contributed by atoms with Gasteiger partial charge in [-0.15, -0.1) is 0 Å². The standard InChI is InChI=1S/C23H28N2O4S/c1-18(29-21-12-11-19-7-5-6-8-20(19)17-21)23(26)24-13-15-25(16-14-24)30(27,28)22-9-3-2-4-10-22/h2-4,9-12,17-18H,5-8,13-16H2,1H3/t18-/m1/s1. The number of carbonyl (C=O) groups is 1. The molecule has 0 radical (unpaired) electrons. The Morgan fingerprint density at radius 1 is 0.933 bits per heavy atom. The highest BCUT2D eigenvalue weighted by atomic mass is 32.2. The molecule has 0 unspecified atom stereocenters. The molecule has 30 heavy (non-hydrogen) atoms. The second-order valence-corrected chi connectivity index (χ2v) is 9.88. The third kappa shape index (κ3) is 4.37. The van der Waals surface area contributed by atoms with E-state index in [1.54, 1.807) is 42.2 Å². The Bertz CT molecular complexity index is 999. The van der Waals surface area contributed by atoms with Gasteiger partial charge in [-0.1, -0.05) is 24.3 Å². The first-order valence-electron chi connectivity index (χ1n) is 10.6. The number of amides is 1. The second-order valence-electron chi connectivity index (χ2n) is 7.94. The van der Waals surface area contributed by atoms with Gasteiger partial charge in [0.05, 0.1) is 4.90 Å². The van der Waals surface area contributed by atoms with Crippen LogP contribution in [0.15, 0.2) is 53.4 Å². The Morgan fingerprint density at radius 2 is 1.60 bits per heavy atom. The number of aryl methyl sites for hydroxylation is 2. The highest BCUT2D eigenvalue weighted by molar-refractivity contribution is 7.89. The molecule has 1 aliphatic heterocycles. The van der Waals surface area contributed by atoms with Gasteiger partial charge in [0, 0.05) is 26.2 Å². The smallest absolute Gasteiger partial charge is 0.263 e. The molecule has 1 aliphatic carbocycles. The van der Waals surface area contributed by atoms with Crippen LogP contribution in [-0.2, 0) is 27.7 Å². The van der Waals surface area contributed by atoms with Gasteiger partial charge in [0.15, 0.2) is 6.10 Å². The molecule has 2 aliphatic rings. The molecule has 7 heteroatoms. The lowest BCUT2D eigenvalue weighted by molar-refractivity contribution is -0.139. The Balaban J connectivity index is 1.35. The number of carbonyl (C=O) groups excluding carboxylic acids is 1. The molecule has 0 saturated carbocycles. The van der Waals surface area contributed by atoms with Crippen molar-refractivity contribution in [2.45, 2.75) is 43.6 Å². The number of sulfonamides is 1. The number of hydrogen-bond donors (Lipinski definition) is 0. The molecule has 0 N–H and O–H groups in total. The fourth-order valence-corrected chi connectivity index (χ4v) is 5.63. The zero-order valence-corrected chi connectivity index (χ0v) is 18.1. The van der Waals surface area contributed by atoms with Gasteiger partial charge in [0.2, 0.25) is 10.0 Å². The van der Waals surface area contributed by atoms with Gasteiger partial charge in [0.25, 0.3) is 5.91 Å². The molecule has 2 aromatic carbocycles. The number of fused-ring (bicyclic) bond motifs is 1. The molecule has 6 nitrogen and oxygen atoms in total. The van der Waals surface area contributed by atoms with Crippen LogP contribution in [0.4, 0.5) is 0 Å². The minimum Gasteiger partial charge on any atom is -0.481 e. The lowest BCUT2D eigenvalue weighted by atomic mass is 9.92. The lowest BCUT2D eigenvalue weighted by Crippen LogP contribution is -2.53. The van der Waals surface area contributed by atoms with E-state index in [-0.39, 0.29) is 23.9 Å². The van der Waals surface area contributed by atoms with Gasteiger partial charge in [-0.25, -0.2) is 8.42 Å². The minimum atomic E-state index is -3.52. The van der Waals surface area contributed by atoms with Gasteiger partial charge < -0.3 is 9.64 Å². The van der Waals surface area contributed by atoms with Crippen molar-refractivity contribution in [2.24, 2.45) is 0 Å². The number of benzene rings is 2. The number of piperazine rings is 1. The molecular formula is C23H28N2O4S. The van der Waals surface area contributed by atoms with Crippen LogP contribution < -0.4 is 4.74 Å². The molecule has 0 aromatic heterocycles. The maximum atomic E-state index is 12.9. The average Bonchev–Trinajstić information content (AvgIpc) is 2.79. The maximum absolute atomic E-state index is 12.9. The highest BCUT2D eigenvalue weighted by Gasteiger charge is 2.32. The van der Waals surface area contributed by atoms with Crippen molar-refractivity contribution >= 4 is 15.9 Å². The first-order valence-corrected chi connectivity index (χ1v) is 12.0. The van der Waals surface area contributed by atoms with E-state index in [0.29, 0.717) is 13.1 Å². The summed E-state index contributed by atoms with van der Waals surface area (Å²) in [4.78, 5) is 14.8. The molecule has 0 spiro atoms. The van der Waals surface area contributed by atoms with Gasteiger partial charge >= 0.3 is 0 Å². The minimum absolute atomic E-state index is 0.107. The summed E-state index contributed by atoms with van der Waals surface area (Å²) in [5, 5.41) is 0. The van der Waals surface area contributed by atoms with Crippen molar-refractivity contribution < 1.29 is 17.9 Å². The predicted molar refractivity (Wildman–Crippen MR) is 115 cm³/mol. The van der Waals surface area contributed by atoms with Crippen molar-refractivity contribution in [3.8, 4) is 5.75 Å². The molecule has 1 amide bonds. The van der Waals surface area contributed by atoms with E-state index in [9.17, 15) is 13.2 Å². The fraction of sp³-hybridized carbons (Fsp3) is 0.435. The van der Waals surface area contributed by atoms with E-state index >= 15 is 0 Å². The Labute approximate surface area is 178 Å². The maximum Gasteiger partial charge on any atom is 0.263 e. The largest absolute Gasteiger partial charge is 0.481 e. The van der Waals surface area contributed by atoms with Crippen LogP contribution >= 0.6 is 0 Å². The van der Waals surface area contributed by atoms with Gasteiger partial charge in [-0.3, -0.25) is 4.79 Å². The zero-order valence-electron chi connectivity index (χ0n) is 17.3. The van der Waals surface area contributed by atoms with Crippen LogP contribution in [0.3, 0.4) is 0 Å². The topological polar surface area (TPSA) is 66.9 Å². The summed E-state index contributed by atoms with van der Waals surface area (Å²) in [6, 6.07) is 14.5. The van der Waals surface area contributed by atoms with E-state index in [1.165, 1.54) is 28.3 Å². The summed E-state index contributed by atoms with van der Waals surface area (Å²) in [5.41, 5.74) is 2.70. The van der Waals surface area contributed by atoms with Crippen molar-refractivity contribution in [2.75, 3.05) is 26.2 Å². The average molecular weight is 429 g/mol. The lowest BCUT2D eigenvalue weighted by Gasteiger charge is -2.35. The number of rotatable bonds is 5. The summed E-state index contributed by atoms with van der Waals surface area (Å²) in [6.07, 6.45) is 3.99. The summed E-state index contributed by atoms with van der Waals surface area (Å²) in [5.74, 6) is 0.617. The van der Waals surface area contributed by atoms with Crippen LogP contribution in [0.2, 0.25) is 0 Å². The van der Waals surface area contributed by atoms with Crippen molar-refractivity contribution in [1.82, 2.24) is 9.21 Å². The van der Waals surface area contributed by atoms with Crippen molar-refractivity contribution in [3.05, 3.63) is 59.7 Å². The number of nitrogens with zero attached hydrogens (tertiary/aromatic N) is 2. The number of hydrogen-bond acceptors (Lipinski definition) is 4. The first-order chi connectivity index (χ1) is 14.4. The third-order valence-corrected chi connectivity index (χ3v) is 7.82. The van der Waals surface area contributed by atoms with E-state index < -0.39 is 16.1 Å². The van der Waals surface area contributed by atoms with Gasteiger partial charge in [0.1, 0.15) is 5.75 Å². The quantitative estimate of drug-likeness (QED) is 0.735. The van der Waals surface area contributed by atoms with Gasteiger partial charge in [-0.05, 0) is 68.0 Å². The van der Waals surface area contributed by atoms with Crippen LogP contribution in [-0.4, -0.2) is 55.8 Å². The van der Waals surface area contributed by atoms with Crippen molar-refractivity contribution in [3.63, 3.8) is 0 Å². The molecule has 0 bridgehead atoms. The normalized spacial score (nSPS) is 18.5. The fourth-order valence-electron chi connectivity index (χ4n) is 4.19. The molecular weight excluding hydrogens is 400 g/mol. The van der Waals surface area contributed by atoms with Crippen LogP contribution in [0.5, 0.6) is 5.75 Å². The van der Waals surface area contributed by atoms with E-state index in [2.05, 4.69) is 12.1 Å². The molecule has 1 fully saturated rings. The monoisotopic (exact) mass is 428 g/mol. The summed E-state index contributed by atoms with van der Waals surface area (Å²) in [7, 11) is -3.52. The molecule has 4 rings (SSSR count). The van der Waals surface area contributed by atoms with Crippen LogP contribution in [0, 0.1) is 0 Å². The Kier molecular flexibility index (Phi) is 6.11. The number of ether oxygens (including phenoxy) is 1. The van der Waals surface area contributed by atoms with Gasteiger partial charge in [-0.2, -0.15) is 4.31 Å². The molecule has 160 valence electrons. The molecule has 1 heterocycles. The van der Waals surface area contributed by atoms with E-state index in [4.69, 9.17) is 4.74 Å². The molecule has 1 atom stereocenters. The third-order valence-electron chi connectivity index (χ3n) is 5.91. The zero-order chi connectivity index (χ0) is 21.1. The van der Waals surface area contributed by atoms with E-state index in [0.717, 1.165) is 18.6 Å². The summed E-state index contributed by atoms with van der Waals surface area (Å²) in [6.45, 7) is 3.06. The highest BCUT2D eigenvalue weighted by Crippen LogP contribution is 2.26. The Hall–Kier alpha value is -2.38. The second kappa shape index (κ2) is 8.78. The first kappa shape index (κ1) is 20.9. The molecule has 1 saturated heterocycles. The summed E-state index contributed by atoms with van der Waals surface area (Å²) >= 11 is 0. The SMILES string of the molecule is C[C@@H](Oc1ccc2c(c1)CCCC2)C(=O)N1CCN(S(=O)(=O)c2ccccc2)CC1. The van der Waals surface area contributed by atoms with Crippen molar-refractivity contribution in [1.29, 1.82) is 0 Å². The molecule has 2 aromatic rings. The Morgan fingerprint density at radius 3 is 2.30 bits per heavy atom. The van der Waals surface area contributed by atoms with Crippen LogP contribution in [0.1, 0.15) is 30.9 Å². The van der Waals surface area contributed by atoms with Crippen LogP contribution in [0.25, 0.3) is 0 Å². The summed E-state index contributed by atoms with van der Waals surface area (Å²) < 4.78 is 32.9. The van der Waals surface area contributed by atoms with E-state index in [1.807, 2.05) is 6.07 Å².